The van der Waals surface area contributed by atoms with Gasteiger partial charge in [0.25, 0.3) is 20.2 Å². The lowest BCUT2D eigenvalue weighted by Gasteiger charge is -2.18. The quantitative estimate of drug-likeness (QED) is 0.133. The lowest BCUT2D eigenvalue weighted by atomic mass is 10.2. The molecule has 0 N–H and O–H groups in total. The van der Waals surface area contributed by atoms with Gasteiger partial charge in [0.05, 0.1) is 69.3 Å². The molecule has 0 aliphatic rings. The summed E-state index contributed by atoms with van der Waals surface area (Å²) in [6.07, 6.45) is 1.13. The van der Waals surface area contributed by atoms with Crippen LogP contribution in [0.25, 0.3) is 0 Å². The molecule has 0 aliphatic carbocycles. The van der Waals surface area contributed by atoms with Crippen LogP contribution >= 0.6 is 0 Å². The normalized spacial score (nSPS) is 12.9. The lowest BCUT2D eigenvalue weighted by Crippen LogP contribution is -2.28. The second kappa shape index (κ2) is 16.7. The van der Waals surface area contributed by atoms with Crippen LogP contribution in [0.1, 0.15) is 11.1 Å². The molecule has 0 saturated carbocycles. The first-order chi connectivity index (χ1) is 18.1. The molecule has 1 unspecified atom stereocenters. The van der Waals surface area contributed by atoms with Crippen molar-refractivity contribution >= 4 is 20.2 Å². The topological polar surface area (TPSA) is 124 Å². The van der Waals surface area contributed by atoms with E-state index in [1.807, 2.05) is 13.8 Å². The van der Waals surface area contributed by atoms with E-state index in [1.54, 1.807) is 30.3 Å². The average molecular weight is 573 g/mol. The summed E-state index contributed by atoms with van der Waals surface area (Å²) in [5.41, 5.74) is 1.89. The Balaban J connectivity index is 1.63. The van der Waals surface area contributed by atoms with E-state index in [4.69, 9.17) is 27.3 Å². The smallest absolute Gasteiger partial charge is 0.297 e. The number of aryl methyl sites for hydroxylation is 2. The van der Waals surface area contributed by atoms with Crippen LogP contribution in [0.3, 0.4) is 0 Å². The van der Waals surface area contributed by atoms with Crippen LogP contribution in [0.5, 0.6) is 0 Å². The number of benzene rings is 2. The van der Waals surface area contributed by atoms with E-state index < -0.39 is 26.3 Å². The third-order valence-electron chi connectivity index (χ3n) is 4.98. The van der Waals surface area contributed by atoms with Crippen LogP contribution in [-0.2, 0) is 47.5 Å². The predicted octanol–water partition coefficient (Wildman–Crippen LogP) is 3.04. The van der Waals surface area contributed by atoms with Crippen LogP contribution in [-0.4, -0.2) is 82.4 Å². The number of hydrogen-bond acceptors (Lipinski definition) is 10. The molecule has 0 heterocycles. The summed E-state index contributed by atoms with van der Waals surface area (Å²) in [7, 11) is -7.71. The van der Waals surface area contributed by atoms with E-state index in [-0.39, 0.29) is 62.6 Å². The maximum absolute atomic E-state index is 12.3. The minimum absolute atomic E-state index is 0.0138. The molecule has 2 rings (SSSR count). The average Bonchev–Trinajstić information content (AvgIpc) is 2.88. The van der Waals surface area contributed by atoms with Crippen molar-refractivity contribution in [2.45, 2.75) is 29.7 Å². The highest BCUT2D eigenvalue weighted by atomic mass is 32.2. The van der Waals surface area contributed by atoms with Gasteiger partial charge in [-0.25, -0.2) is 0 Å². The summed E-state index contributed by atoms with van der Waals surface area (Å²) in [4.78, 5) is 0.171. The molecule has 212 valence electrons. The van der Waals surface area contributed by atoms with Crippen molar-refractivity contribution in [3.63, 3.8) is 0 Å². The number of rotatable bonds is 20. The van der Waals surface area contributed by atoms with Crippen molar-refractivity contribution in [1.29, 1.82) is 0 Å². The first-order valence-corrected chi connectivity index (χ1v) is 14.8. The maximum Gasteiger partial charge on any atom is 0.297 e. The second-order valence-electron chi connectivity index (χ2n) is 8.18. The fourth-order valence-corrected chi connectivity index (χ4v) is 4.75. The molecule has 0 spiro atoms. The number of hydrogen-bond donors (Lipinski definition) is 0. The van der Waals surface area contributed by atoms with Gasteiger partial charge in [-0.2, -0.15) is 16.8 Å². The molecule has 0 aliphatic heterocycles. The van der Waals surface area contributed by atoms with E-state index in [1.165, 1.54) is 24.3 Å². The van der Waals surface area contributed by atoms with E-state index in [9.17, 15) is 16.8 Å². The SMILES string of the molecule is C=CCOCC(COCCOCCOS(=O)(=O)c1ccc(C)cc1)OCCOS(=O)(=O)c1ccc(C)cc1. The minimum atomic E-state index is -3.88. The second-order valence-corrected chi connectivity index (χ2v) is 11.4. The largest absolute Gasteiger partial charge is 0.377 e. The Labute approximate surface area is 225 Å². The zero-order chi connectivity index (χ0) is 27.9. The van der Waals surface area contributed by atoms with Crippen LogP contribution in [0.15, 0.2) is 71.0 Å². The van der Waals surface area contributed by atoms with Gasteiger partial charge < -0.3 is 18.9 Å². The monoisotopic (exact) mass is 572 g/mol. The summed E-state index contributed by atoms with van der Waals surface area (Å²) >= 11 is 0. The van der Waals surface area contributed by atoms with Crippen LogP contribution in [0.2, 0.25) is 0 Å². The molecule has 0 radical (unpaired) electrons. The molecular weight excluding hydrogens is 536 g/mol. The Bertz CT molecular complexity index is 1160. The zero-order valence-electron chi connectivity index (χ0n) is 21.7. The van der Waals surface area contributed by atoms with Crippen molar-refractivity contribution in [2.24, 2.45) is 0 Å². The zero-order valence-corrected chi connectivity index (χ0v) is 23.4. The third kappa shape index (κ3) is 12.1. The lowest BCUT2D eigenvalue weighted by molar-refractivity contribution is -0.0688. The highest BCUT2D eigenvalue weighted by Crippen LogP contribution is 2.14. The third-order valence-corrected chi connectivity index (χ3v) is 7.63. The van der Waals surface area contributed by atoms with Gasteiger partial charge in [0.2, 0.25) is 0 Å². The van der Waals surface area contributed by atoms with E-state index >= 15 is 0 Å². The van der Waals surface area contributed by atoms with E-state index in [2.05, 4.69) is 6.58 Å². The van der Waals surface area contributed by atoms with Crippen molar-refractivity contribution < 1.29 is 44.1 Å². The van der Waals surface area contributed by atoms with Crippen LogP contribution < -0.4 is 0 Å². The molecule has 1 atom stereocenters. The molecule has 12 heteroatoms. The Morgan fingerprint density at radius 3 is 1.63 bits per heavy atom. The Morgan fingerprint density at radius 2 is 1.11 bits per heavy atom. The van der Waals surface area contributed by atoms with Crippen molar-refractivity contribution in [3.8, 4) is 0 Å². The first kappa shape index (κ1) is 32.1. The van der Waals surface area contributed by atoms with Gasteiger partial charge in [-0.05, 0) is 38.1 Å². The molecule has 0 fully saturated rings. The molecule has 0 amide bonds. The van der Waals surface area contributed by atoms with E-state index in [0.717, 1.165) is 11.1 Å². The summed E-state index contributed by atoms with van der Waals surface area (Å²) in [5.74, 6) is 0. The molecule has 2 aromatic carbocycles. The summed E-state index contributed by atoms with van der Waals surface area (Å²) in [5, 5.41) is 0. The van der Waals surface area contributed by atoms with Crippen LogP contribution in [0, 0.1) is 13.8 Å². The molecule has 10 nitrogen and oxygen atoms in total. The van der Waals surface area contributed by atoms with Gasteiger partial charge in [0.15, 0.2) is 0 Å². The highest BCUT2D eigenvalue weighted by molar-refractivity contribution is 7.87. The van der Waals surface area contributed by atoms with Gasteiger partial charge in [0.1, 0.15) is 6.10 Å². The van der Waals surface area contributed by atoms with Gasteiger partial charge in [-0.1, -0.05) is 41.5 Å². The minimum Gasteiger partial charge on any atom is -0.377 e. The molecular formula is C26H36O10S2. The van der Waals surface area contributed by atoms with Gasteiger partial charge in [-0.3, -0.25) is 8.37 Å². The van der Waals surface area contributed by atoms with Crippen molar-refractivity contribution in [2.75, 3.05) is 59.5 Å². The predicted molar refractivity (Wildman–Crippen MR) is 141 cm³/mol. The van der Waals surface area contributed by atoms with E-state index in [0.29, 0.717) is 6.61 Å². The van der Waals surface area contributed by atoms with Gasteiger partial charge >= 0.3 is 0 Å². The summed E-state index contributed by atoms with van der Waals surface area (Å²) in [6, 6.07) is 12.7. The Hall–Kier alpha value is -2.16. The molecule has 0 bridgehead atoms. The highest BCUT2D eigenvalue weighted by Gasteiger charge is 2.16. The van der Waals surface area contributed by atoms with Gasteiger partial charge in [-0.15, -0.1) is 6.58 Å². The Kier molecular flexibility index (Phi) is 14.1. The van der Waals surface area contributed by atoms with Crippen LogP contribution in [0.4, 0.5) is 0 Å². The standard InChI is InChI=1S/C26H36O10S2/c1-4-13-32-20-24(34-17-19-36-38(29,30)26-11-7-23(3)8-12-26)21-33-15-14-31-16-18-35-37(27,28)25-9-5-22(2)6-10-25/h4-12,24H,1,13-21H2,2-3H3. The first-order valence-electron chi connectivity index (χ1n) is 12.0. The fourth-order valence-electron chi connectivity index (χ4n) is 2.97. The summed E-state index contributed by atoms with van der Waals surface area (Å²) < 4.78 is 80.8. The molecule has 0 saturated heterocycles. The summed E-state index contributed by atoms with van der Waals surface area (Å²) in [6.45, 7) is 8.27. The van der Waals surface area contributed by atoms with Crippen molar-refractivity contribution in [1.82, 2.24) is 0 Å². The molecule has 38 heavy (non-hydrogen) atoms. The molecule has 0 aromatic heterocycles. The van der Waals surface area contributed by atoms with Gasteiger partial charge in [0, 0.05) is 0 Å². The number of ether oxygens (including phenoxy) is 4. The Morgan fingerprint density at radius 1 is 0.658 bits per heavy atom. The fraction of sp³-hybridized carbons (Fsp3) is 0.462. The van der Waals surface area contributed by atoms with Crippen molar-refractivity contribution in [3.05, 3.63) is 72.3 Å². The molecule has 2 aromatic rings. The maximum atomic E-state index is 12.3.